The van der Waals surface area contributed by atoms with Crippen molar-refractivity contribution in [3.63, 3.8) is 0 Å². The molecule has 0 bridgehead atoms. The molecule has 0 spiro atoms. The molecule has 1 atom stereocenters. The number of hydrogen-bond acceptors (Lipinski definition) is 3. The van der Waals surface area contributed by atoms with Crippen molar-refractivity contribution in [1.82, 2.24) is 5.32 Å². The molecule has 1 unspecified atom stereocenters. The Kier molecular flexibility index (Phi) is 8.94. The normalized spacial score (nSPS) is 12.8. The predicted molar refractivity (Wildman–Crippen MR) is 59.6 cm³/mol. The SMILES string of the molecule is C=C(C)COCCNC(C)CCOC. The van der Waals surface area contributed by atoms with Crippen molar-refractivity contribution in [3.05, 3.63) is 12.2 Å². The van der Waals surface area contributed by atoms with Gasteiger partial charge in [0.15, 0.2) is 0 Å². The number of nitrogens with one attached hydrogen (secondary N) is 1. The zero-order chi connectivity index (χ0) is 10.8. The van der Waals surface area contributed by atoms with E-state index in [1.54, 1.807) is 7.11 Å². The van der Waals surface area contributed by atoms with Gasteiger partial charge >= 0.3 is 0 Å². The third-order valence-electron chi connectivity index (χ3n) is 1.84. The van der Waals surface area contributed by atoms with Crippen LogP contribution in [0.3, 0.4) is 0 Å². The maximum Gasteiger partial charge on any atom is 0.0672 e. The molecule has 0 aromatic carbocycles. The van der Waals surface area contributed by atoms with Gasteiger partial charge in [-0.15, -0.1) is 0 Å². The quantitative estimate of drug-likeness (QED) is 0.454. The highest BCUT2D eigenvalue weighted by atomic mass is 16.5. The second-order valence-electron chi connectivity index (χ2n) is 3.65. The zero-order valence-electron chi connectivity index (χ0n) is 9.64. The highest BCUT2D eigenvalue weighted by Crippen LogP contribution is 1.91. The van der Waals surface area contributed by atoms with E-state index in [1.807, 2.05) is 6.92 Å². The molecule has 0 saturated heterocycles. The molecule has 0 aromatic heterocycles. The van der Waals surface area contributed by atoms with Crippen molar-refractivity contribution in [2.45, 2.75) is 26.3 Å². The Labute approximate surface area is 87.5 Å². The Balaban J connectivity index is 3.14. The van der Waals surface area contributed by atoms with E-state index < -0.39 is 0 Å². The van der Waals surface area contributed by atoms with Crippen LogP contribution in [0.2, 0.25) is 0 Å². The maximum atomic E-state index is 5.36. The molecule has 0 aromatic rings. The molecule has 0 heterocycles. The fourth-order valence-corrected chi connectivity index (χ4v) is 1.02. The van der Waals surface area contributed by atoms with Gasteiger partial charge in [0.05, 0.1) is 13.2 Å². The van der Waals surface area contributed by atoms with E-state index in [4.69, 9.17) is 9.47 Å². The van der Waals surface area contributed by atoms with Crippen LogP contribution >= 0.6 is 0 Å². The molecular weight excluding hydrogens is 178 g/mol. The molecule has 0 rings (SSSR count). The van der Waals surface area contributed by atoms with Crippen LogP contribution in [-0.2, 0) is 9.47 Å². The molecule has 1 N–H and O–H groups in total. The van der Waals surface area contributed by atoms with Gasteiger partial charge < -0.3 is 14.8 Å². The lowest BCUT2D eigenvalue weighted by molar-refractivity contribution is 0.150. The molecule has 84 valence electrons. The van der Waals surface area contributed by atoms with Gasteiger partial charge in [0, 0.05) is 26.3 Å². The average Bonchev–Trinajstić information content (AvgIpc) is 2.13. The van der Waals surface area contributed by atoms with E-state index in [1.165, 1.54) is 0 Å². The van der Waals surface area contributed by atoms with Crippen molar-refractivity contribution in [2.24, 2.45) is 0 Å². The molecule has 0 aliphatic rings. The number of rotatable bonds is 9. The number of hydrogen-bond donors (Lipinski definition) is 1. The van der Waals surface area contributed by atoms with Crippen molar-refractivity contribution < 1.29 is 9.47 Å². The summed E-state index contributed by atoms with van der Waals surface area (Å²) in [6, 6.07) is 0.489. The molecular formula is C11H23NO2. The summed E-state index contributed by atoms with van der Waals surface area (Å²) in [5.41, 5.74) is 1.07. The van der Waals surface area contributed by atoms with Crippen LogP contribution < -0.4 is 5.32 Å². The van der Waals surface area contributed by atoms with Crippen LogP contribution in [0.5, 0.6) is 0 Å². The Morgan fingerprint density at radius 3 is 2.71 bits per heavy atom. The topological polar surface area (TPSA) is 30.5 Å². The first-order valence-electron chi connectivity index (χ1n) is 5.11. The molecule has 0 aliphatic heterocycles. The summed E-state index contributed by atoms with van der Waals surface area (Å²) < 4.78 is 10.3. The van der Waals surface area contributed by atoms with Gasteiger partial charge in [-0.25, -0.2) is 0 Å². The van der Waals surface area contributed by atoms with E-state index >= 15 is 0 Å². The summed E-state index contributed by atoms with van der Waals surface area (Å²) in [7, 11) is 1.72. The van der Waals surface area contributed by atoms with E-state index in [9.17, 15) is 0 Å². The summed E-state index contributed by atoms with van der Waals surface area (Å²) in [6.45, 7) is 11.0. The predicted octanol–water partition coefficient (Wildman–Crippen LogP) is 1.59. The number of ether oxygens (including phenoxy) is 2. The van der Waals surface area contributed by atoms with Gasteiger partial charge in [0.1, 0.15) is 0 Å². The minimum absolute atomic E-state index is 0.489. The second-order valence-corrected chi connectivity index (χ2v) is 3.65. The number of methoxy groups -OCH3 is 1. The Hall–Kier alpha value is -0.380. The zero-order valence-corrected chi connectivity index (χ0v) is 9.64. The third-order valence-corrected chi connectivity index (χ3v) is 1.84. The lowest BCUT2D eigenvalue weighted by atomic mass is 10.2. The van der Waals surface area contributed by atoms with Crippen LogP contribution in [0, 0.1) is 0 Å². The van der Waals surface area contributed by atoms with Crippen molar-refractivity contribution in [1.29, 1.82) is 0 Å². The minimum atomic E-state index is 0.489. The Morgan fingerprint density at radius 2 is 2.14 bits per heavy atom. The van der Waals surface area contributed by atoms with Crippen molar-refractivity contribution in [2.75, 3.05) is 33.5 Å². The Bertz CT molecular complexity index is 148. The van der Waals surface area contributed by atoms with Gasteiger partial charge in [-0.3, -0.25) is 0 Å². The average molecular weight is 201 g/mol. The van der Waals surface area contributed by atoms with E-state index in [0.29, 0.717) is 12.6 Å². The van der Waals surface area contributed by atoms with Gasteiger partial charge in [-0.2, -0.15) is 0 Å². The highest BCUT2D eigenvalue weighted by Gasteiger charge is 1.99. The van der Waals surface area contributed by atoms with Crippen LogP contribution in [0.15, 0.2) is 12.2 Å². The van der Waals surface area contributed by atoms with Crippen LogP contribution in [0.1, 0.15) is 20.3 Å². The van der Waals surface area contributed by atoms with E-state index in [2.05, 4.69) is 18.8 Å². The second kappa shape index (κ2) is 9.19. The monoisotopic (exact) mass is 201 g/mol. The lowest BCUT2D eigenvalue weighted by Gasteiger charge is -2.13. The van der Waals surface area contributed by atoms with Crippen molar-refractivity contribution >= 4 is 0 Å². The molecule has 3 heteroatoms. The summed E-state index contributed by atoms with van der Waals surface area (Å²) in [5.74, 6) is 0. The van der Waals surface area contributed by atoms with E-state index in [0.717, 1.165) is 31.8 Å². The van der Waals surface area contributed by atoms with Gasteiger partial charge in [0.2, 0.25) is 0 Å². The first-order valence-corrected chi connectivity index (χ1v) is 5.11. The van der Waals surface area contributed by atoms with Crippen LogP contribution in [0.25, 0.3) is 0 Å². The molecule has 0 amide bonds. The highest BCUT2D eigenvalue weighted by molar-refractivity contribution is 4.87. The maximum absolute atomic E-state index is 5.36. The van der Waals surface area contributed by atoms with Gasteiger partial charge in [0.25, 0.3) is 0 Å². The third kappa shape index (κ3) is 9.71. The summed E-state index contributed by atoms with van der Waals surface area (Å²) in [5, 5.41) is 3.36. The minimum Gasteiger partial charge on any atom is -0.385 e. The Morgan fingerprint density at radius 1 is 1.43 bits per heavy atom. The molecule has 0 aliphatic carbocycles. The summed E-state index contributed by atoms with van der Waals surface area (Å²) >= 11 is 0. The standard InChI is InChI=1S/C11H23NO2/c1-10(2)9-14-8-6-12-11(3)5-7-13-4/h11-12H,1,5-9H2,2-4H3. The molecule has 0 radical (unpaired) electrons. The first-order chi connectivity index (χ1) is 6.66. The molecule has 3 nitrogen and oxygen atoms in total. The molecule has 0 saturated carbocycles. The fraction of sp³-hybridized carbons (Fsp3) is 0.818. The fourth-order valence-electron chi connectivity index (χ4n) is 1.02. The van der Waals surface area contributed by atoms with E-state index in [-0.39, 0.29) is 0 Å². The smallest absolute Gasteiger partial charge is 0.0672 e. The first kappa shape index (κ1) is 13.6. The lowest BCUT2D eigenvalue weighted by Crippen LogP contribution is -2.30. The largest absolute Gasteiger partial charge is 0.385 e. The molecule has 0 fully saturated rings. The van der Waals surface area contributed by atoms with Crippen molar-refractivity contribution in [3.8, 4) is 0 Å². The van der Waals surface area contributed by atoms with Crippen LogP contribution in [-0.4, -0.2) is 39.5 Å². The molecule has 14 heavy (non-hydrogen) atoms. The van der Waals surface area contributed by atoms with Gasteiger partial charge in [-0.05, 0) is 20.3 Å². The van der Waals surface area contributed by atoms with Gasteiger partial charge in [-0.1, -0.05) is 12.2 Å². The summed E-state index contributed by atoms with van der Waals surface area (Å²) in [4.78, 5) is 0. The van der Waals surface area contributed by atoms with Crippen LogP contribution in [0.4, 0.5) is 0 Å². The summed E-state index contributed by atoms with van der Waals surface area (Å²) in [6.07, 6.45) is 1.04.